The molecule has 104 valence electrons. The third kappa shape index (κ3) is 3.45. The maximum Gasteiger partial charge on any atom is 0.331 e. The van der Waals surface area contributed by atoms with Crippen LogP contribution in [0.25, 0.3) is 0 Å². The van der Waals surface area contributed by atoms with E-state index in [2.05, 4.69) is 47.7 Å². The summed E-state index contributed by atoms with van der Waals surface area (Å²) in [7, 11) is -1.85. The molecular weight excluding hydrogens is 244 g/mol. The number of rotatable bonds is 4. The van der Waals surface area contributed by atoms with Crippen molar-refractivity contribution >= 4 is 14.3 Å². The van der Waals surface area contributed by atoms with Crippen LogP contribution in [0.1, 0.15) is 34.6 Å². The highest BCUT2D eigenvalue weighted by molar-refractivity contribution is 6.74. The fraction of sp³-hybridized carbons (Fsp3) is 0.786. The summed E-state index contributed by atoms with van der Waals surface area (Å²) in [4.78, 5) is 11.2. The lowest BCUT2D eigenvalue weighted by atomic mass is 10.0. The lowest BCUT2D eigenvalue weighted by Gasteiger charge is -2.41. The van der Waals surface area contributed by atoms with E-state index < -0.39 is 8.32 Å². The molecule has 1 aliphatic rings. The van der Waals surface area contributed by atoms with Gasteiger partial charge in [0.1, 0.15) is 6.10 Å². The zero-order valence-electron chi connectivity index (χ0n) is 12.6. The van der Waals surface area contributed by atoms with Gasteiger partial charge in [-0.1, -0.05) is 34.6 Å². The van der Waals surface area contributed by atoms with Gasteiger partial charge in [0.15, 0.2) is 8.32 Å². The lowest BCUT2D eigenvalue weighted by Crippen LogP contribution is -2.48. The second-order valence-electron chi connectivity index (χ2n) is 6.85. The molecule has 18 heavy (non-hydrogen) atoms. The summed E-state index contributed by atoms with van der Waals surface area (Å²) < 4.78 is 11.7. The van der Waals surface area contributed by atoms with Crippen molar-refractivity contribution in [3.05, 3.63) is 12.2 Å². The van der Waals surface area contributed by atoms with Crippen molar-refractivity contribution in [2.75, 3.05) is 0 Å². The van der Waals surface area contributed by atoms with Gasteiger partial charge in [-0.15, -0.1) is 0 Å². The van der Waals surface area contributed by atoms with E-state index in [0.29, 0.717) is 5.92 Å². The summed E-state index contributed by atoms with van der Waals surface area (Å²) in [6.45, 7) is 15.3. The highest BCUT2D eigenvalue weighted by Crippen LogP contribution is 2.39. The number of carbonyl (C=O) groups excluding carboxylic acids is 1. The molecule has 4 heteroatoms. The summed E-state index contributed by atoms with van der Waals surface area (Å²) in [5, 5.41) is 0.159. The predicted molar refractivity (Wildman–Crippen MR) is 75.9 cm³/mol. The Morgan fingerprint density at radius 3 is 2.22 bits per heavy atom. The Labute approximate surface area is 112 Å². The number of ether oxygens (including phenoxy) is 1. The second kappa shape index (κ2) is 5.17. The van der Waals surface area contributed by atoms with Crippen molar-refractivity contribution in [3.63, 3.8) is 0 Å². The SMILES string of the molecule is CC(C)[C@@H](O[Si](C)(C)C(C)(C)C)[C@@H]1C=CC(=O)O1. The van der Waals surface area contributed by atoms with Gasteiger partial charge in [-0.2, -0.15) is 0 Å². The standard InChI is InChI=1S/C14H26O3Si/c1-10(2)13(11-8-9-12(15)16-11)17-18(6,7)14(3,4)5/h8-11,13H,1-7H3/t11-,13+/m0/s1. The zero-order valence-corrected chi connectivity index (χ0v) is 13.6. The molecule has 0 N–H and O–H groups in total. The van der Waals surface area contributed by atoms with E-state index in [4.69, 9.17) is 9.16 Å². The number of hydrogen-bond donors (Lipinski definition) is 0. The Hall–Kier alpha value is -0.613. The second-order valence-corrected chi connectivity index (χ2v) is 11.6. The van der Waals surface area contributed by atoms with E-state index in [1.54, 1.807) is 0 Å². The summed E-state index contributed by atoms with van der Waals surface area (Å²) in [6.07, 6.45) is 3.04. The van der Waals surface area contributed by atoms with E-state index in [1.807, 2.05) is 6.08 Å². The highest BCUT2D eigenvalue weighted by atomic mass is 28.4. The van der Waals surface area contributed by atoms with Crippen LogP contribution >= 0.6 is 0 Å². The molecule has 0 spiro atoms. The van der Waals surface area contributed by atoms with E-state index in [9.17, 15) is 4.79 Å². The average molecular weight is 270 g/mol. The zero-order chi connectivity index (χ0) is 14.1. The Morgan fingerprint density at radius 1 is 1.33 bits per heavy atom. The highest BCUT2D eigenvalue weighted by Gasteiger charge is 2.42. The Balaban J connectivity index is 2.82. The molecule has 0 aliphatic carbocycles. The van der Waals surface area contributed by atoms with Gasteiger partial charge in [-0.3, -0.25) is 0 Å². The first-order valence-corrected chi connectivity index (χ1v) is 9.52. The molecule has 0 unspecified atom stereocenters. The molecule has 0 aromatic heterocycles. The van der Waals surface area contributed by atoms with E-state index >= 15 is 0 Å². The monoisotopic (exact) mass is 270 g/mol. The normalized spacial score (nSPS) is 22.4. The molecule has 1 aliphatic heterocycles. The lowest BCUT2D eigenvalue weighted by molar-refractivity contribution is -0.143. The third-order valence-corrected chi connectivity index (χ3v) is 8.37. The smallest absolute Gasteiger partial charge is 0.331 e. The van der Waals surface area contributed by atoms with Crippen LogP contribution in [0.4, 0.5) is 0 Å². The van der Waals surface area contributed by atoms with Crippen molar-refractivity contribution in [2.24, 2.45) is 5.92 Å². The van der Waals surface area contributed by atoms with Crippen molar-refractivity contribution in [3.8, 4) is 0 Å². The predicted octanol–water partition coefficient (Wildman–Crippen LogP) is 3.51. The molecular formula is C14H26O3Si. The Bertz CT molecular complexity index is 339. The molecule has 0 aromatic carbocycles. The van der Waals surface area contributed by atoms with Gasteiger partial charge in [0.2, 0.25) is 0 Å². The molecule has 2 atom stereocenters. The summed E-state index contributed by atoms with van der Waals surface area (Å²) in [5.41, 5.74) is 0. The number of esters is 1. The van der Waals surface area contributed by atoms with Crippen LogP contribution in [-0.2, 0) is 14.0 Å². The van der Waals surface area contributed by atoms with Crippen LogP contribution in [0.15, 0.2) is 12.2 Å². The van der Waals surface area contributed by atoms with Crippen LogP contribution in [0.3, 0.4) is 0 Å². The average Bonchev–Trinajstić information content (AvgIpc) is 2.59. The molecule has 0 saturated carbocycles. The molecule has 0 saturated heterocycles. The van der Waals surface area contributed by atoms with E-state index in [-0.39, 0.29) is 23.2 Å². The van der Waals surface area contributed by atoms with Crippen LogP contribution in [0.2, 0.25) is 18.1 Å². The minimum atomic E-state index is -1.85. The molecule has 0 amide bonds. The Morgan fingerprint density at radius 2 is 1.89 bits per heavy atom. The first-order chi connectivity index (χ1) is 8.04. The van der Waals surface area contributed by atoms with Gasteiger partial charge >= 0.3 is 5.97 Å². The first-order valence-electron chi connectivity index (χ1n) is 6.61. The van der Waals surface area contributed by atoms with Gasteiger partial charge < -0.3 is 9.16 Å². The molecule has 3 nitrogen and oxygen atoms in total. The maximum atomic E-state index is 11.2. The summed E-state index contributed by atoms with van der Waals surface area (Å²) >= 11 is 0. The van der Waals surface area contributed by atoms with Crippen LogP contribution in [-0.4, -0.2) is 26.5 Å². The first kappa shape index (κ1) is 15.4. The fourth-order valence-electron chi connectivity index (χ4n) is 1.66. The van der Waals surface area contributed by atoms with Crippen molar-refractivity contribution in [1.29, 1.82) is 0 Å². The van der Waals surface area contributed by atoms with Gasteiger partial charge in [-0.05, 0) is 30.1 Å². The molecule has 0 fully saturated rings. The van der Waals surface area contributed by atoms with Gasteiger partial charge in [0, 0.05) is 6.08 Å². The minimum absolute atomic E-state index is 0.0476. The summed E-state index contributed by atoms with van der Waals surface area (Å²) in [5.74, 6) is 0.0594. The number of carbonyl (C=O) groups is 1. The molecule has 1 heterocycles. The number of cyclic esters (lactones) is 1. The Kier molecular flexibility index (Phi) is 4.44. The van der Waals surface area contributed by atoms with Crippen molar-refractivity contribution in [1.82, 2.24) is 0 Å². The van der Waals surface area contributed by atoms with E-state index in [1.165, 1.54) is 6.08 Å². The van der Waals surface area contributed by atoms with Crippen LogP contribution < -0.4 is 0 Å². The number of hydrogen-bond acceptors (Lipinski definition) is 3. The molecule has 1 rings (SSSR count). The molecule has 0 bridgehead atoms. The summed E-state index contributed by atoms with van der Waals surface area (Å²) in [6, 6.07) is 0. The fourth-order valence-corrected chi connectivity index (χ4v) is 3.10. The van der Waals surface area contributed by atoms with E-state index in [0.717, 1.165) is 0 Å². The van der Waals surface area contributed by atoms with Crippen molar-refractivity contribution in [2.45, 2.75) is 65.0 Å². The topological polar surface area (TPSA) is 35.5 Å². The third-order valence-electron chi connectivity index (χ3n) is 3.89. The van der Waals surface area contributed by atoms with Crippen LogP contribution in [0.5, 0.6) is 0 Å². The molecule has 0 radical (unpaired) electrons. The van der Waals surface area contributed by atoms with Gasteiger partial charge in [0.05, 0.1) is 6.10 Å². The largest absolute Gasteiger partial charge is 0.452 e. The maximum absolute atomic E-state index is 11.2. The van der Waals surface area contributed by atoms with Gasteiger partial charge in [-0.25, -0.2) is 4.79 Å². The van der Waals surface area contributed by atoms with Crippen LogP contribution in [0, 0.1) is 5.92 Å². The van der Waals surface area contributed by atoms with Gasteiger partial charge in [0.25, 0.3) is 0 Å². The van der Waals surface area contributed by atoms with Crippen molar-refractivity contribution < 1.29 is 14.0 Å². The minimum Gasteiger partial charge on any atom is -0.452 e. The quantitative estimate of drug-likeness (QED) is 0.579. The molecule has 0 aromatic rings.